The molecule has 1 aromatic carbocycles. The highest BCUT2D eigenvalue weighted by atomic mass is 127. The van der Waals surface area contributed by atoms with Crippen molar-refractivity contribution in [2.24, 2.45) is 0 Å². The molecule has 12 heteroatoms. The Labute approximate surface area is 161 Å². The summed E-state index contributed by atoms with van der Waals surface area (Å²) in [6, 6.07) is 5.79. The minimum absolute atomic E-state index is 0.0365. The summed E-state index contributed by atoms with van der Waals surface area (Å²) in [5, 5.41) is 15.0. The van der Waals surface area contributed by atoms with E-state index in [1.54, 1.807) is 13.2 Å². The number of hydrogen-bond donors (Lipinski definition) is 0. The summed E-state index contributed by atoms with van der Waals surface area (Å²) in [6.45, 7) is -0.0729. The molecule has 2 aromatic rings. The van der Waals surface area contributed by atoms with Crippen molar-refractivity contribution in [1.82, 2.24) is 14.7 Å². The Morgan fingerprint density at radius 3 is 2.31 bits per heavy atom. The molecule has 0 bridgehead atoms. The maximum absolute atomic E-state index is 11.9. The van der Waals surface area contributed by atoms with Crippen molar-refractivity contribution in [2.75, 3.05) is 20.1 Å². The third-order valence-electron chi connectivity index (χ3n) is 3.52. The van der Waals surface area contributed by atoms with Crippen molar-refractivity contribution in [3.05, 3.63) is 44.1 Å². The van der Waals surface area contributed by atoms with Crippen LogP contribution in [-0.2, 0) is 18.9 Å². The predicted octanol–water partition coefficient (Wildman–Crippen LogP) is 0.112. The highest BCUT2D eigenvalue weighted by Gasteiger charge is 2.38. The number of benzene rings is 1. The number of nitrogens with zero attached hydrogens (tertiary/aromatic N) is 4. The molecule has 1 aromatic heterocycles. The molecule has 1 fully saturated rings. The first-order valence-electron chi connectivity index (χ1n) is 7.41. The van der Waals surface area contributed by atoms with Gasteiger partial charge in [-0.1, -0.05) is 0 Å². The first-order chi connectivity index (χ1) is 12.3. The van der Waals surface area contributed by atoms with Crippen molar-refractivity contribution in [3.63, 3.8) is 0 Å². The molecule has 2 heterocycles. The molecule has 0 N–H and O–H groups in total. The second kappa shape index (κ2) is 7.41. The van der Waals surface area contributed by atoms with E-state index in [0.717, 1.165) is 0 Å². The van der Waals surface area contributed by atoms with Crippen molar-refractivity contribution in [2.45, 2.75) is 0 Å². The first kappa shape index (κ1) is 18.3. The number of non-ortho nitro benzene ring substituents is 1. The van der Waals surface area contributed by atoms with Crippen LogP contribution in [0.25, 0.3) is 5.69 Å². The third-order valence-corrected chi connectivity index (χ3v) is 4.35. The van der Waals surface area contributed by atoms with E-state index >= 15 is 0 Å². The molecule has 0 aliphatic carbocycles. The fourth-order valence-corrected chi connectivity index (χ4v) is 2.96. The Morgan fingerprint density at radius 2 is 1.77 bits per heavy atom. The van der Waals surface area contributed by atoms with E-state index in [1.165, 1.54) is 33.8 Å². The van der Waals surface area contributed by atoms with Crippen LogP contribution in [0.2, 0.25) is 0 Å². The number of carbonyl (C=O) groups excluding carboxylic acids is 2. The van der Waals surface area contributed by atoms with Gasteiger partial charge in [-0.25, -0.2) is 4.68 Å². The molecular formula is C14H12BIN4O6. The average molecular weight is 470 g/mol. The Morgan fingerprint density at radius 1 is 1.19 bits per heavy atom. The lowest BCUT2D eigenvalue weighted by Gasteiger charge is -2.21. The van der Waals surface area contributed by atoms with E-state index < -0.39 is 24.0 Å². The number of likely N-dealkylation sites (N-methyl/N-ethyl adjacent to an activating group) is 1. The molecule has 1 aliphatic rings. The molecule has 3 rings (SSSR count). The van der Waals surface area contributed by atoms with Crippen LogP contribution in [0.5, 0.6) is 0 Å². The number of hydrogen-bond acceptors (Lipinski definition) is 8. The van der Waals surface area contributed by atoms with Crippen molar-refractivity contribution in [1.29, 1.82) is 0 Å². The second-order valence-electron chi connectivity index (χ2n) is 5.56. The number of halogens is 1. The van der Waals surface area contributed by atoms with Crippen LogP contribution in [0, 0.1) is 13.7 Å². The van der Waals surface area contributed by atoms with Gasteiger partial charge in [-0.05, 0) is 41.8 Å². The molecule has 26 heavy (non-hydrogen) atoms. The summed E-state index contributed by atoms with van der Waals surface area (Å²) in [6.07, 6.45) is 1.64. The van der Waals surface area contributed by atoms with Crippen molar-refractivity contribution < 1.29 is 23.8 Å². The maximum Gasteiger partial charge on any atom is 0.659 e. The Kier molecular flexibility index (Phi) is 5.22. The van der Waals surface area contributed by atoms with Gasteiger partial charge in [0.1, 0.15) is 5.59 Å². The van der Waals surface area contributed by atoms with Gasteiger partial charge in [-0.15, -0.1) is 0 Å². The summed E-state index contributed by atoms with van der Waals surface area (Å²) in [4.78, 5) is 35.5. The molecule has 0 spiro atoms. The lowest BCUT2D eigenvalue weighted by molar-refractivity contribution is -0.384. The van der Waals surface area contributed by atoms with Gasteiger partial charge in [-0.3, -0.25) is 24.6 Å². The second-order valence-corrected chi connectivity index (χ2v) is 6.73. The fourth-order valence-electron chi connectivity index (χ4n) is 2.33. The predicted molar refractivity (Wildman–Crippen MR) is 98.0 cm³/mol. The van der Waals surface area contributed by atoms with E-state index in [1.807, 2.05) is 22.6 Å². The van der Waals surface area contributed by atoms with E-state index in [4.69, 9.17) is 9.31 Å². The van der Waals surface area contributed by atoms with Crippen LogP contribution in [0.4, 0.5) is 5.69 Å². The van der Waals surface area contributed by atoms with Crippen LogP contribution >= 0.6 is 22.6 Å². The molecule has 0 amide bonds. The van der Waals surface area contributed by atoms with Gasteiger partial charge in [0.25, 0.3) is 5.69 Å². The molecule has 0 radical (unpaired) electrons. The summed E-state index contributed by atoms with van der Waals surface area (Å²) in [5.41, 5.74) is 0.807. The molecule has 134 valence electrons. The molecule has 0 atom stereocenters. The molecular weight excluding hydrogens is 458 g/mol. The Hall–Kier alpha value is -2.48. The quantitative estimate of drug-likeness (QED) is 0.269. The average Bonchev–Trinajstić information content (AvgIpc) is 2.94. The molecule has 1 aliphatic heterocycles. The maximum atomic E-state index is 11.9. The summed E-state index contributed by atoms with van der Waals surface area (Å²) in [5.74, 6) is -1.07. The summed E-state index contributed by atoms with van der Waals surface area (Å²) in [7, 11) is 0.366. The van der Waals surface area contributed by atoms with Gasteiger partial charge < -0.3 is 9.31 Å². The smallest absolute Gasteiger partial charge is 0.493 e. The third kappa shape index (κ3) is 4.01. The van der Waals surface area contributed by atoms with Crippen LogP contribution < -0.4 is 5.59 Å². The highest BCUT2D eigenvalue weighted by Crippen LogP contribution is 2.16. The number of aromatic nitrogens is 2. The van der Waals surface area contributed by atoms with Gasteiger partial charge in [0, 0.05) is 18.3 Å². The van der Waals surface area contributed by atoms with Gasteiger partial charge in [-0.2, -0.15) is 5.10 Å². The molecule has 1 saturated heterocycles. The lowest BCUT2D eigenvalue weighted by Crippen LogP contribution is -2.49. The van der Waals surface area contributed by atoms with E-state index in [9.17, 15) is 19.7 Å². The minimum atomic E-state index is -1.24. The zero-order valence-corrected chi connectivity index (χ0v) is 15.7. The van der Waals surface area contributed by atoms with E-state index in [2.05, 4.69) is 5.10 Å². The monoisotopic (exact) mass is 470 g/mol. The van der Waals surface area contributed by atoms with Crippen LogP contribution in [0.15, 0.2) is 30.5 Å². The zero-order valence-electron chi connectivity index (χ0n) is 13.5. The van der Waals surface area contributed by atoms with Crippen LogP contribution in [0.1, 0.15) is 0 Å². The SMILES string of the molecule is CN1CC(=O)OB(c2nn(-c3ccc([N+](=O)[O-])cc3)cc2I)OC(=O)C1. The fraction of sp³-hybridized carbons (Fsp3) is 0.214. The van der Waals surface area contributed by atoms with Crippen LogP contribution in [0.3, 0.4) is 0 Å². The summed E-state index contributed by atoms with van der Waals surface area (Å²) >= 11 is 1.98. The Bertz CT molecular complexity index is 851. The number of carbonyl (C=O) groups is 2. The molecule has 0 unspecified atom stereocenters. The lowest BCUT2D eigenvalue weighted by atomic mass is 9.84. The molecule has 0 saturated carbocycles. The molecule has 10 nitrogen and oxygen atoms in total. The largest absolute Gasteiger partial charge is 0.659 e. The van der Waals surface area contributed by atoms with Gasteiger partial charge >= 0.3 is 19.1 Å². The number of rotatable bonds is 3. The van der Waals surface area contributed by atoms with Gasteiger partial charge in [0.15, 0.2) is 0 Å². The topological polar surface area (TPSA) is 117 Å². The number of nitro benzene ring substituents is 1. The standard InChI is InChI=1S/C14H12BIN4O6/c1-18-7-12(21)25-15(26-13(22)8-18)14-11(16)6-19(17-14)9-2-4-10(5-3-9)20(23)24/h2-6H,7-8H2,1H3. The first-order valence-corrected chi connectivity index (χ1v) is 8.49. The number of nitro groups is 1. The summed E-state index contributed by atoms with van der Waals surface area (Å²) < 4.78 is 12.5. The normalized spacial score (nSPS) is 15.8. The van der Waals surface area contributed by atoms with Gasteiger partial charge in [0.2, 0.25) is 0 Å². The van der Waals surface area contributed by atoms with E-state index in [0.29, 0.717) is 9.26 Å². The Balaban J connectivity index is 1.88. The van der Waals surface area contributed by atoms with E-state index in [-0.39, 0.29) is 24.4 Å². The van der Waals surface area contributed by atoms with Crippen LogP contribution in [-0.4, -0.2) is 58.8 Å². The zero-order chi connectivity index (χ0) is 18.8. The highest BCUT2D eigenvalue weighted by molar-refractivity contribution is 14.1. The van der Waals surface area contributed by atoms with Gasteiger partial charge in [0.05, 0.1) is 27.3 Å². The van der Waals surface area contributed by atoms with Crippen molar-refractivity contribution in [3.8, 4) is 5.69 Å². The van der Waals surface area contributed by atoms with Crippen molar-refractivity contribution >= 4 is 52.9 Å². The minimum Gasteiger partial charge on any atom is -0.493 e.